The fraction of sp³-hybridized carbons (Fsp3) is 0.350. The number of guanidine groups is 1. The fourth-order valence-electron chi connectivity index (χ4n) is 2.99. The molecule has 0 saturated heterocycles. The van der Waals surface area contributed by atoms with Crippen LogP contribution < -0.4 is 10.6 Å². The molecule has 2 heterocycles. The van der Waals surface area contributed by atoms with E-state index in [1.807, 2.05) is 41.8 Å². The molecule has 0 bridgehead atoms. The molecule has 0 saturated carbocycles. The molecule has 0 aliphatic carbocycles. The van der Waals surface area contributed by atoms with Crippen LogP contribution in [0.3, 0.4) is 0 Å². The average Bonchev–Trinajstić information content (AvgIpc) is 3.08. The number of nitrogens with zero attached hydrogens (tertiary/aromatic N) is 4. The van der Waals surface area contributed by atoms with Gasteiger partial charge in [0.25, 0.3) is 0 Å². The van der Waals surface area contributed by atoms with Gasteiger partial charge in [-0.05, 0) is 55.2 Å². The third kappa shape index (κ3) is 5.03. The number of pyridine rings is 1. The van der Waals surface area contributed by atoms with E-state index >= 15 is 0 Å². The molecule has 3 rings (SSSR count). The van der Waals surface area contributed by atoms with Crippen LogP contribution in [0.25, 0.3) is 5.65 Å². The number of fused-ring (bicyclic) bond motifs is 1. The Morgan fingerprint density at radius 1 is 1.11 bits per heavy atom. The Kier molecular flexibility index (Phi) is 6.35. The second-order valence-electron chi connectivity index (χ2n) is 6.40. The zero-order valence-electron chi connectivity index (χ0n) is 15.7. The first kappa shape index (κ1) is 18.8. The number of hydrogen-bond acceptors (Lipinski definition) is 3. The van der Waals surface area contributed by atoms with Crippen molar-refractivity contribution in [1.82, 2.24) is 25.2 Å². The molecule has 3 aromatic rings. The van der Waals surface area contributed by atoms with Crippen LogP contribution in [-0.4, -0.2) is 40.7 Å². The summed E-state index contributed by atoms with van der Waals surface area (Å²) < 4.78 is 15.2. The molecule has 0 unspecified atom stereocenters. The highest BCUT2D eigenvalue weighted by Crippen LogP contribution is 2.10. The van der Waals surface area contributed by atoms with Gasteiger partial charge < -0.3 is 10.6 Å². The molecule has 0 aliphatic heterocycles. The molecule has 27 heavy (non-hydrogen) atoms. The Morgan fingerprint density at radius 3 is 2.78 bits per heavy atom. The van der Waals surface area contributed by atoms with E-state index in [9.17, 15) is 4.39 Å². The van der Waals surface area contributed by atoms with Gasteiger partial charge in [0.15, 0.2) is 11.6 Å². The second kappa shape index (κ2) is 9.12. The number of aromatic nitrogens is 3. The van der Waals surface area contributed by atoms with E-state index in [4.69, 9.17) is 0 Å². The molecule has 7 heteroatoms. The maximum absolute atomic E-state index is 13.2. The molecule has 0 radical (unpaired) electrons. The fourth-order valence-corrected chi connectivity index (χ4v) is 2.99. The lowest BCUT2D eigenvalue weighted by Crippen LogP contribution is -2.38. The molecule has 0 amide bonds. The Morgan fingerprint density at radius 2 is 1.96 bits per heavy atom. The predicted molar refractivity (Wildman–Crippen MR) is 106 cm³/mol. The maximum atomic E-state index is 13.2. The third-order valence-electron chi connectivity index (χ3n) is 4.47. The molecular formula is C20H25FN6. The summed E-state index contributed by atoms with van der Waals surface area (Å²) in [5.74, 6) is 1.53. The number of benzene rings is 1. The van der Waals surface area contributed by atoms with Gasteiger partial charge in [-0.25, -0.2) is 4.39 Å². The topological polar surface area (TPSA) is 66.6 Å². The molecule has 2 N–H and O–H groups in total. The summed E-state index contributed by atoms with van der Waals surface area (Å²) in [5, 5.41) is 15.0. The van der Waals surface area contributed by atoms with E-state index < -0.39 is 0 Å². The van der Waals surface area contributed by atoms with Gasteiger partial charge in [0.2, 0.25) is 0 Å². The smallest absolute Gasteiger partial charge is 0.190 e. The first-order valence-corrected chi connectivity index (χ1v) is 9.15. The Bertz CT molecular complexity index is 918. The van der Waals surface area contributed by atoms with Gasteiger partial charge in [0.1, 0.15) is 11.6 Å². The van der Waals surface area contributed by atoms with Crippen molar-refractivity contribution >= 4 is 11.6 Å². The molecule has 6 nitrogen and oxygen atoms in total. The largest absolute Gasteiger partial charge is 0.356 e. The number of aryl methyl sites for hydroxylation is 2. The summed E-state index contributed by atoms with van der Waals surface area (Å²) in [7, 11) is 1.75. The number of hydrogen-bond donors (Lipinski definition) is 2. The molecule has 0 spiro atoms. The Labute approximate surface area is 158 Å². The molecule has 0 fully saturated rings. The van der Waals surface area contributed by atoms with E-state index in [1.54, 1.807) is 13.1 Å². The van der Waals surface area contributed by atoms with Crippen molar-refractivity contribution in [3.8, 4) is 0 Å². The van der Waals surface area contributed by atoms with Crippen LogP contribution in [-0.2, 0) is 12.8 Å². The normalized spacial score (nSPS) is 11.7. The number of nitrogens with one attached hydrogen (secondary N) is 2. The van der Waals surface area contributed by atoms with Crippen LogP contribution in [0.2, 0.25) is 0 Å². The SMILES string of the molecule is CN=C(NCCCc1nnc2ccccn12)NCCc1ccc(F)cc1C. The summed E-state index contributed by atoms with van der Waals surface area (Å²) >= 11 is 0. The summed E-state index contributed by atoms with van der Waals surface area (Å²) in [6.07, 6.45) is 4.56. The lowest BCUT2D eigenvalue weighted by Gasteiger charge is -2.12. The van der Waals surface area contributed by atoms with Crippen molar-refractivity contribution in [2.75, 3.05) is 20.1 Å². The molecule has 0 aliphatic rings. The van der Waals surface area contributed by atoms with Crippen LogP contribution in [0.1, 0.15) is 23.4 Å². The highest BCUT2D eigenvalue weighted by Gasteiger charge is 2.05. The summed E-state index contributed by atoms with van der Waals surface area (Å²) in [6.45, 7) is 3.46. The van der Waals surface area contributed by atoms with E-state index in [0.717, 1.165) is 60.9 Å². The van der Waals surface area contributed by atoms with E-state index in [2.05, 4.69) is 25.8 Å². The zero-order valence-corrected chi connectivity index (χ0v) is 15.7. The quantitative estimate of drug-likeness (QED) is 0.382. The van der Waals surface area contributed by atoms with Gasteiger partial charge in [-0.15, -0.1) is 10.2 Å². The van der Waals surface area contributed by atoms with Crippen molar-refractivity contribution in [3.05, 3.63) is 65.4 Å². The van der Waals surface area contributed by atoms with Crippen LogP contribution in [0, 0.1) is 12.7 Å². The number of aliphatic imine (C=N–C) groups is 1. The predicted octanol–water partition coefficient (Wildman–Crippen LogP) is 2.52. The van der Waals surface area contributed by atoms with Gasteiger partial charge in [-0.3, -0.25) is 9.39 Å². The lowest BCUT2D eigenvalue weighted by atomic mass is 10.1. The van der Waals surface area contributed by atoms with Crippen LogP contribution >= 0.6 is 0 Å². The minimum atomic E-state index is -0.192. The van der Waals surface area contributed by atoms with Crippen molar-refractivity contribution in [2.24, 2.45) is 4.99 Å². The lowest BCUT2D eigenvalue weighted by molar-refractivity contribution is 0.625. The standard InChI is InChI=1S/C20H25FN6/c1-15-14-17(21)9-8-16(15)10-12-24-20(22-2)23-11-5-7-19-26-25-18-6-3-4-13-27(18)19/h3-4,6,8-9,13-14H,5,7,10-12H2,1-2H3,(H2,22,23,24). The Hall–Kier alpha value is -2.96. The van der Waals surface area contributed by atoms with Crippen molar-refractivity contribution in [3.63, 3.8) is 0 Å². The monoisotopic (exact) mass is 368 g/mol. The maximum Gasteiger partial charge on any atom is 0.190 e. The minimum absolute atomic E-state index is 0.192. The highest BCUT2D eigenvalue weighted by molar-refractivity contribution is 5.79. The first-order valence-electron chi connectivity index (χ1n) is 9.15. The van der Waals surface area contributed by atoms with Gasteiger partial charge in [0.05, 0.1) is 0 Å². The van der Waals surface area contributed by atoms with E-state index in [-0.39, 0.29) is 5.82 Å². The minimum Gasteiger partial charge on any atom is -0.356 e. The van der Waals surface area contributed by atoms with Crippen molar-refractivity contribution < 1.29 is 4.39 Å². The summed E-state index contributed by atoms with van der Waals surface area (Å²) in [4.78, 5) is 4.24. The molecular weight excluding hydrogens is 343 g/mol. The van der Waals surface area contributed by atoms with Gasteiger partial charge in [-0.1, -0.05) is 12.1 Å². The van der Waals surface area contributed by atoms with E-state index in [0.29, 0.717) is 0 Å². The zero-order chi connectivity index (χ0) is 19.1. The molecule has 0 atom stereocenters. The van der Waals surface area contributed by atoms with Crippen molar-refractivity contribution in [2.45, 2.75) is 26.2 Å². The van der Waals surface area contributed by atoms with Crippen LogP contribution in [0.15, 0.2) is 47.6 Å². The van der Waals surface area contributed by atoms with Gasteiger partial charge >= 0.3 is 0 Å². The molecule has 1 aromatic carbocycles. The summed E-state index contributed by atoms with van der Waals surface area (Å²) in [5.41, 5.74) is 2.98. The highest BCUT2D eigenvalue weighted by atomic mass is 19.1. The van der Waals surface area contributed by atoms with Crippen LogP contribution in [0.4, 0.5) is 4.39 Å². The van der Waals surface area contributed by atoms with Crippen LogP contribution in [0.5, 0.6) is 0 Å². The van der Waals surface area contributed by atoms with Crippen molar-refractivity contribution in [1.29, 1.82) is 0 Å². The molecule has 142 valence electrons. The molecule has 2 aromatic heterocycles. The first-order chi connectivity index (χ1) is 13.2. The van der Waals surface area contributed by atoms with E-state index in [1.165, 1.54) is 6.07 Å². The second-order valence-corrected chi connectivity index (χ2v) is 6.40. The number of halogens is 1. The Balaban J connectivity index is 1.40. The van der Waals surface area contributed by atoms with Gasteiger partial charge in [-0.2, -0.15) is 0 Å². The third-order valence-corrected chi connectivity index (χ3v) is 4.47. The van der Waals surface area contributed by atoms with Gasteiger partial charge in [0, 0.05) is 32.8 Å². The average molecular weight is 368 g/mol. The summed E-state index contributed by atoms with van der Waals surface area (Å²) in [6, 6.07) is 10.8. The number of rotatable bonds is 7.